The number of piperidine rings is 2. The maximum Gasteiger partial charge on any atom is 0.317 e. The normalized spacial score (nSPS) is 16.4. The summed E-state index contributed by atoms with van der Waals surface area (Å²) >= 11 is 0. The van der Waals surface area contributed by atoms with Crippen LogP contribution in [0.1, 0.15) is 76.7 Å². The number of rotatable bonds is 12. The largest absolute Gasteiger partial charge is 0.483 e. The molecule has 0 aromatic heterocycles. The van der Waals surface area contributed by atoms with E-state index in [0.29, 0.717) is 25.7 Å². The summed E-state index contributed by atoms with van der Waals surface area (Å²) in [5.74, 6) is 0.332. The third kappa shape index (κ3) is 11.3. The number of unbranched alkanes of at least 4 members (excludes halogenated alkanes) is 5. The van der Waals surface area contributed by atoms with Crippen molar-refractivity contribution in [2.45, 2.75) is 83.6 Å². The molecule has 0 spiro atoms. The molecule has 1 aromatic rings. The van der Waals surface area contributed by atoms with Gasteiger partial charge in [0.05, 0.1) is 0 Å². The smallest absolute Gasteiger partial charge is 0.317 e. The van der Waals surface area contributed by atoms with E-state index in [0.717, 1.165) is 63.8 Å². The summed E-state index contributed by atoms with van der Waals surface area (Å²) in [6.45, 7) is 6.37. The minimum absolute atomic E-state index is 0.0346. The van der Waals surface area contributed by atoms with Crippen LogP contribution in [-0.4, -0.2) is 78.6 Å². The molecular weight excluding hydrogens is 482 g/mol. The van der Waals surface area contributed by atoms with Crippen molar-refractivity contribution in [2.24, 2.45) is 11.7 Å². The molecule has 2 heterocycles. The van der Waals surface area contributed by atoms with Crippen molar-refractivity contribution in [2.75, 3.05) is 44.6 Å². The van der Waals surface area contributed by atoms with E-state index in [1.54, 1.807) is 0 Å². The van der Waals surface area contributed by atoms with E-state index in [2.05, 4.69) is 41.8 Å². The molecule has 1 aromatic carbocycles. The van der Waals surface area contributed by atoms with Gasteiger partial charge in [-0.2, -0.15) is 0 Å². The zero-order valence-electron chi connectivity index (χ0n) is 23.2. The Hall–Kier alpha value is -2.81. The number of hydrogen-bond acceptors (Lipinski definition) is 5. The average molecular weight is 532 g/mol. The highest BCUT2D eigenvalue weighted by Crippen LogP contribution is 2.23. The van der Waals surface area contributed by atoms with Gasteiger partial charge in [0.2, 0.25) is 5.91 Å². The summed E-state index contributed by atoms with van der Waals surface area (Å²) in [7, 11) is 0. The summed E-state index contributed by atoms with van der Waals surface area (Å²) in [6, 6.07) is 8.95. The SMILES string of the molecule is CCCCCCCCNC(=O)N1CCC(C(=O)N2CCC(Nc3ccc(CCN)cc3)CC2)CC1.O=CO. The lowest BCUT2D eigenvalue weighted by atomic mass is 9.94. The quantitative estimate of drug-likeness (QED) is 0.238. The van der Waals surface area contributed by atoms with Gasteiger partial charge in [0.25, 0.3) is 6.47 Å². The molecule has 38 heavy (non-hydrogen) atoms. The fraction of sp³-hybridized carbons (Fsp3) is 0.690. The number of urea groups is 1. The van der Waals surface area contributed by atoms with Gasteiger partial charge in [-0.05, 0) is 62.8 Å². The van der Waals surface area contributed by atoms with Crippen LogP contribution >= 0.6 is 0 Å². The van der Waals surface area contributed by atoms with Gasteiger partial charge in [-0.3, -0.25) is 9.59 Å². The average Bonchev–Trinajstić information content (AvgIpc) is 2.94. The number of amides is 3. The Kier molecular flexibility index (Phi) is 15.2. The predicted molar refractivity (Wildman–Crippen MR) is 152 cm³/mol. The Labute approximate surface area is 228 Å². The number of likely N-dealkylation sites (tertiary alicyclic amines) is 2. The van der Waals surface area contributed by atoms with Gasteiger partial charge >= 0.3 is 6.03 Å². The van der Waals surface area contributed by atoms with Crippen molar-refractivity contribution in [1.82, 2.24) is 15.1 Å². The lowest BCUT2D eigenvalue weighted by Crippen LogP contribution is -2.49. The Morgan fingerprint density at radius 2 is 1.53 bits per heavy atom. The van der Waals surface area contributed by atoms with Gasteiger partial charge in [-0.25, -0.2) is 4.79 Å². The molecule has 0 atom stereocenters. The fourth-order valence-corrected chi connectivity index (χ4v) is 5.21. The van der Waals surface area contributed by atoms with E-state index in [1.165, 1.54) is 37.7 Å². The highest BCUT2D eigenvalue weighted by atomic mass is 16.3. The first-order valence-corrected chi connectivity index (χ1v) is 14.5. The number of nitrogens with two attached hydrogens (primary N) is 1. The third-order valence-corrected chi connectivity index (χ3v) is 7.50. The van der Waals surface area contributed by atoms with E-state index < -0.39 is 0 Å². The first kappa shape index (κ1) is 31.4. The summed E-state index contributed by atoms with van der Waals surface area (Å²) in [6.07, 6.45) is 11.7. The highest BCUT2D eigenvalue weighted by molar-refractivity contribution is 5.80. The lowest BCUT2D eigenvalue weighted by molar-refractivity contribution is -0.137. The van der Waals surface area contributed by atoms with E-state index in [9.17, 15) is 9.59 Å². The van der Waals surface area contributed by atoms with Crippen LogP contribution in [0.25, 0.3) is 0 Å². The number of nitrogens with zero attached hydrogens (tertiary/aromatic N) is 2. The number of hydrogen-bond donors (Lipinski definition) is 4. The standard InChI is InChI=1S/C28H47N5O2.CH2O2/c1-2-3-4-5-6-7-18-30-28(35)33-19-13-24(14-20-33)27(34)32-21-15-26(16-22-32)31-25-10-8-23(9-11-25)12-17-29;2-1-3/h8-11,24,26,31H,2-7,12-22,29H2,1H3,(H,30,35);1H,(H,2,3). The predicted octanol–water partition coefficient (Wildman–Crippen LogP) is 4.07. The highest BCUT2D eigenvalue weighted by Gasteiger charge is 2.32. The molecule has 0 unspecified atom stereocenters. The Balaban J connectivity index is 0.00000161. The molecule has 5 N–H and O–H groups in total. The second-order valence-corrected chi connectivity index (χ2v) is 10.3. The molecule has 2 saturated heterocycles. The van der Waals surface area contributed by atoms with E-state index in [-0.39, 0.29) is 24.3 Å². The molecule has 2 fully saturated rings. The van der Waals surface area contributed by atoms with Gasteiger partial charge in [0.15, 0.2) is 0 Å². The van der Waals surface area contributed by atoms with Gasteiger partial charge in [-0.1, -0.05) is 51.2 Å². The van der Waals surface area contributed by atoms with Crippen LogP contribution < -0.4 is 16.4 Å². The van der Waals surface area contributed by atoms with E-state index in [4.69, 9.17) is 15.6 Å². The van der Waals surface area contributed by atoms with Crippen molar-refractivity contribution in [1.29, 1.82) is 0 Å². The van der Waals surface area contributed by atoms with Crippen LogP contribution in [0, 0.1) is 5.92 Å². The number of anilines is 1. The molecular formula is C29H49N5O4. The number of carbonyl (C=O) groups is 3. The Morgan fingerprint density at radius 3 is 2.13 bits per heavy atom. The van der Waals surface area contributed by atoms with Crippen molar-refractivity contribution in [3.8, 4) is 0 Å². The lowest BCUT2D eigenvalue weighted by Gasteiger charge is -2.37. The minimum atomic E-state index is -0.250. The first-order valence-electron chi connectivity index (χ1n) is 14.5. The second kappa shape index (κ2) is 18.4. The molecule has 0 aliphatic carbocycles. The van der Waals surface area contributed by atoms with Crippen molar-refractivity contribution < 1.29 is 19.5 Å². The molecule has 0 saturated carbocycles. The van der Waals surface area contributed by atoms with Crippen LogP contribution in [-0.2, 0) is 16.0 Å². The molecule has 0 radical (unpaired) electrons. The van der Waals surface area contributed by atoms with Crippen molar-refractivity contribution in [3.63, 3.8) is 0 Å². The monoisotopic (exact) mass is 531 g/mol. The topological polar surface area (TPSA) is 128 Å². The molecule has 2 aliphatic heterocycles. The number of benzene rings is 1. The minimum Gasteiger partial charge on any atom is -0.483 e. The van der Waals surface area contributed by atoms with Crippen LogP contribution in [0.3, 0.4) is 0 Å². The molecule has 214 valence electrons. The van der Waals surface area contributed by atoms with Gasteiger partial charge in [0.1, 0.15) is 0 Å². The van der Waals surface area contributed by atoms with Crippen LogP contribution in [0.5, 0.6) is 0 Å². The first-order chi connectivity index (χ1) is 18.5. The number of nitrogens with one attached hydrogen (secondary N) is 2. The molecule has 9 heteroatoms. The molecule has 9 nitrogen and oxygen atoms in total. The Morgan fingerprint density at radius 1 is 0.947 bits per heavy atom. The van der Waals surface area contributed by atoms with Gasteiger partial charge in [-0.15, -0.1) is 0 Å². The van der Waals surface area contributed by atoms with Crippen LogP contribution in [0.4, 0.5) is 10.5 Å². The van der Waals surface area contributed by atoms with Crippen molar-refractivity contribution >= 4 is 24.1 Å². The Bertz CT molecular complexity index is 804. The zero-order chi connectivity index (χ0) is 27.6. The van der Waals surface area contributed by atoms with E-state index in [1.807, 2.05) is 9.80 Å². The molecule has 3 rings (SSSR count). The maximum atomic E-state index is 13.1. The molecule has 0 bridgehead atoms. The maximum absolute atomic E-state index is 13.1. The summed E-state index contributed by atoms with van der Waals surface area (Å²) < 4.78 is 0. The zero-order valence-corrected chi connectivity index (χ0v) is 23.2. The van der Waals surface area contributed by atoms with Crippen LogP contribution in [0.2, 0.25) is 0 Å². The van der Waals surface area contributed by atoms with Crippen LogP contribution in [0.15, 0.2) is 24.3 Å². The summed E-state index contributed by atoms with van der Waals surface area (Å²) in [5.41, 5.74) is 8.03. The summed E-state index contributed by atoms with van der Waals surface area (Å²) in [4.78, 5) is 37.8. The van der Waals surface area contributed by atoms with Crippen molar-refractivity contribution in [3.05, 3.63) is 29.8 Å². The summed E-state index contributed by atoms with van der Waals surface area (Å²) in [5, 5.41) is 13.6. The van der Waals surface area contributed by atoms with Gasteiger partial charge in [0, 0.05) is 50.4 Å². The molecule has 2 aliphatic rings. The number of carboxylic acid groups (broad SMARTS) is 1. The second-order valence-electron chi connectivity index (χ2n) is 10.3. The number of carbonyl (C=O) groups excluding carboxylic acids is 2. The van der Waals surface area contributed by atoms with E-state index >= 15 is 0 Å². The van der Waals surface area contributed by atoms with Gasteiger partial charge < -0.3 is 31.3 Å². The third-order valence-electron chi connectivity index (χ3n) is 7.50. The fourth-order valence-electron chi connectivity index (χ4n) is 5.21. The molecule has 3 amide bonds.